The van der Waals surface area contributed by atoms with Crippen molar-refractivity contribution in [2.75, 3.05) is 33.4 Å². The van der Waals surface area contributed by atoms with Crippen LogP contribution in [0.4, 0.5) is 0 Å². The zero-order valence-corrected chi connectivity index (χ0v) is 17.3. The zero-order valence-electron chi connectivity index (χ0n) is 16.6. The second-order valence-electron chi connectivity index (χ2n) is 6.94. The third-order valence-electron chi connectivity index (χ3n) is 5.00. The molecule has 0 amide bonds. The SMILES string of the molecule is CCn1nc(C)c(CN(CCOC)CC2=Cc3cc(Cl)ccc3OC2)c1C. The number of nitrogens with zero attached hydrogens (tertiary/aromatic N) is 3. The summed E-state index contributed by atoms with van der Waals surface area (Å²) in [4.78, 5) is 2.39. The molecule has 3 rings (SSSR count). The molecule has 1 aliphatic rings. The molecule has 1 aromatic carbocycles. The summed E-state index contributed by atoms with van der Waals surface area (Å²) < 4.78 is 13.3. The molecule has 0 unspecified atom stereocenters. The lowest BCUT2D eigenvalue weighted by molar-refractivity contribution is 0.147. The maximum absolute atomic E-state index is 6.14. The van der Waals surface area contributed by atoms with Gasteiger partial charge in [0.05, 0.1) is 12.3 Å². The minimum atomic E-state index is 0.601. The topological polar surface area (TPSA) is 39.5 Å². The summed E-state index contributed by atoms with van der Waals surface area (Å²) in [6, 6.07) is 5.75. The highest BCUT2D eigenvalue weighted by Gasteiger charge is 2.18. The highest BCUT2D eigenvalue weighted by molar-refractivity contribution is 6.30. The van der Waals surface area contributed by atoms with E-state index in [-0.39, 0.29) is 0 Å². The van der Waals surface area contributed by atoms with Crippen molar-refractivity contribution in [3.8, 4) is 5.75 Å². The van der Waals surface area contributed by atoms with Crippen LogP contribution in [-0.4, -0.2) is 48.1 Å². The first-order valence-electron chi connectivity index (χ1n) is 9.37. The van der Waals surface area contributed by atoms with Gasteiger partial charge in [-0.3, -0.25) is 9.58 Å². The first kappa shape index (κ1) is 19.9. The molecule has 0 saturated heterocycles. The molecule has 1 aliphatic heterocycles. The van der Waals surface area contributed by atoms with Crippen LogP contribution in [-0.2, 0) is 17.8 Å². The lowest BCUT2D eigenvalue weighted by atomic mass is 10.1. The lowest BCUT2D eigenvalue weighted by Gasteiger charge is -2.26. The van der Waals surface area contributed by atoms with Gasteiger partial charge in [-0.05, 0) is 50.6 Å². The number of hydrogen-bond acceptors (Lipinski definition) is 4. The molecule has 0 bridgehead atoms. The highest BCUT2D eigenvalue weighted by Crippen LogP contribution is 2.29. The number of methoxy groups -OCH3 is 1. The molecule has 6 heteroatoms. The summed E-state index contributed by atoms with van der Waals surface area (Å²) >= 11 is 6.14. The van der Waals surface area contributed by atoms with Gasteiger partial charge in [0.25, 0.3) is 0 Å². The number of hydrogen-bond donors (Lipinski definition) is 0. The third kappa shape index (κ3) is 4.72. The van der Waals surface area contributed by atoms with E-state index in [1.54, 1.807) is 7.11 Å². The van der Waals surface area contributed by atoms with Crippen LogP contribution in [0.3, 0.4) is 0 Å². The number of rotatable bonds is 8. The van der Waals surface area contributed by atoms with Gasteiger partial charge in [-0.1, -0.05) is 11.6 Å². The Morgan fingerprint density at radius 2 is 2.11 bits per heavy atom. The second-order valence-corrected chi connectivity index (χ2v) is 7.38. The number of ether oxygens (including phenoxy) is 2. The summed E-state index contributed by atoms with van der Waals surface area (Å²) in [5, 5.41) is 5.38. The fourth-order valence-electron chi connectivity index (χ4n) is 3.50. The standard InChI is InChI=1S/C21H28ClN3O2/c1-5-25-16(3)20(15(2)23-25)13-24(8-9-26-4)12-17-10-18-11-19(22)6-7-21(18)27-14-17/h6-7,10-11H,5,8-9,12-14H2,1-4H3. The number of benzene rings is 1. The Bertz CT molecular complexity index is 829. The van der Waals surface area contributed by atoms with Crippen LogP contribution in [0.15, 0.2) is 23.8 Å². The van der Waals surface area contributed by atoms with E-state index in [0.29, 0.717) is 13.2 Å². The number of halogens is 1. The molecule has 0 saturated carbocycles. The normalized spacial score (nSPS) is 13.5. The van der Waals surface area contributed by atoms with Crippen LogP contribution < -0.4 is 4.74 Å². The third-order valence-corrected chi connectivity index (χ3v) is 5.23. The van der Waals surface area contributed by atoms with Crippen LogP contribution in [0, 0.1) is 13.8 Å². The quantitative estimate of drug-likeness (QED) is 0.681. The lowest BCUT2D eigenvalue weighted by Crippen LogP contribution is -2.31. The Labute approximate surface area is 166 Å². The molecule has 0 radical (unpaired) electrons. The number of fused-ring (bicyclic) bond motifs is 1. The van der Waals surface area contributed by atoms with Crippen molar-refractivity contribution in [2.24, 2.45) is 0 Å². The Morgan fingerprint density at radius 1 is 1.30 bits per heavy atom. The van der Waals surface area contributed by atoms with Gasteiger partial charge in [0.2, 0.25) is 0 Å². The van der Waals surface area contributed by atoms with Crippen molar-refractivity contribution in [1.29, 1.82) is 0 Å². The van der Waals surface area contributed by atoms with Gasteiger partial charge in [0.15, 0.2) is 0 Å². The molecular formula is C21H28ClN3O2. The molecule has 0 atom stereocenters. The molecule has 0 fully saturated rings. The molecule has 146 valence electrons. The van der Waals surface area contributed by atoms with Gasteiger partial charge < -0.3 is 9.47 Å². The van der Waals surface area contributed by atoms with E-state index in [0.717, 1.165) is 48.2 Å². The van der Waals surface area contributed by atoms with Crippen molar-refractivity contribution in [1.82, 2.24) is 14.7 Å². The van der Waals surface area contributed by atoms with Crippen LogP contribution in [0.5, 0.6) is 5.75 Å². The van der Waals surface area contributed by atoms with E-state index in [9.17, 15) is 0 Å². The summed E-state index contributed by atoms with van der Waals surface area (Å²) in [5.41, 5.74) is 5.92. The van der Waals surface area contributed by atoms with Gasteiger partial charge in [0, 0.05) is 55.1 Å². The minimum absolute atomic E-state index is 0.601. The second kappa shape index (κ2) is 8.91. The Hall–Kier alpha value is -1.82. The van der Waals surface area contributed by atoms with Crippen LogP contribution in [0.2, 0.25) is 5.02 Å². The van der Waals surface area contributed by atoms with Crippen molar-refractivity contribution < 1.29 is 9.47 Å². The molecular weight excluding hydrogens is 362 g/mol. The summed E-state index contributed by atoms with van der Waals surface area (Å²) in [6.45, 7) is 11.1. The van der Waals surface area contributed by atoms with Crippen LogP contribution in [0.25, 0.3) is 6.08 Å². The van der Waals surface area contributed by atoms with Crippen LogP contribution >= 0.6 is 11.6 Å². The molecule has 2 aromatic rings. The maximum atomic E-state index is 6.14. The summed E-state index contributed by atoms with van der Waals surface area (Å²) in [6.07, 6.45) is 2.19. The molecule has 0 N–H and O–H groups in total. The predicted octanol–water partition coefficient (Wildman–Crippen LogP) is 4.10. The van der Waals surface area contributed by atoms with E-state index < -0.39 is 0 Å². The van der Waals surface area contributed by atoms with E-state index in [1.807, 2.05) is 18.2 Å². The van der Waals surface area contributed by atoms with Crippen molar-refractivity contribution in [3.05, 3.63) is 51.3 Å². The molecule has 1 aromatic heterocycles. The monoisotopic (exact) mass is 389 g/mol. The summed E-state index contributed by atoms with van der Waals surface area (Å²) in [5.74, 6) is 0.891. The average Bonchev–Trinajstić information content (AvgIpc) is 2.93. The van der Waals surface area contributed by atoms with Gasteiger partial charge in [-0.25, -0.2) is 0 Å². The largest absolute Gasteiger partial charge is 0.489 e. The zero-order chi connectivity index (χ0) is 19.4. The highest BCUT2D eigenvalue weighted by atomic mass is 35.5. The number of aromatic nitrogens is 2. The van der Waals surface area contributed by atoms with E-state index >= 15 is 0 Å². The molecule has 0 spiro atoms. The Morgan fingerprint density at radius 3 is 2.81 bits per heavy atom. The predicted molar refractivity (Wildman–Crippen MR) is 109 cm³/mol. The van der Waals surface area contributed by atoms with Crippen molar-refractivity contribution >= 4 is 17.7 Å². The fraction of sp³-hybridized carbons (Fsp3) is 0.476. The van der Waals surface area contributed by atoms with Crippen molar-refractivity contribution in [3.63, 3.8) is 0 Å². The molecule has 0 aliphatic carbocycles. The smallest absolute Gasteiger partial charge is 0.127 e. The first-order valence-corrected chi connectivity index (χ1v) is 9.75. The van der Waals surface area contributed by atoms with Gasteiger partial charge in [-0.2, -0.15) is 5.10 Å². The van der Waals surface area contributed by atoms with Gasteiger partial charge in [0.1, 0.15) is 12.4 Å². The maximum Gasteiger partial charge on any atom is 0.127 e. The molecule has 2 heterocycles. The number of aryl methyl sites for hydroxylation is 2. The molecule has 27 heavy (non-hydrogen) atoms. The Kier molecular flexibility index (Phi) is 6.58. The molecule has 5 nitrogen and oxygen atoms in total. The summed E-state index contributed by atoms with van der Waals surface area (Å²) in [7, 11) is 1.74. The van der Waals surface area contributed by atoms with E-state index in [2.05, 4.69) is 41.5 Å². The van der Waals surface area contributed by atoms with Crippen LogP contribution in [0.1, 0.15) is 29.4 Å². The average molecular weight is 390 g/mol. The van der Waals surface area contributed by atoms with E-state index in [4.69, 9.17) is 21.1 Å². The first-order chi connectivity index (χ1) is 13.0. The fourth-order valence-corrected chi connectivity index (χ4v) is 3.68. The minimum Gasteiger partial charge on any atom is -0.489 e. The van der Waals surface area contributed by atoms with E-state index in [1.165, 1.54) is 16.8 Å². The van der Waals surface area contributed by atoms with Crippen molar-refractivity contribution in [2.45, 2.75) is 33.9 Å². The Balaban J connectivity index is 1.79. The van der Waals surface area contributed by atoms with Gasteiger partial charge >= 0.3 is 0 Å². The van der Waals surface area contributed by atoms with Gasteiger partial charge in [-0.15, -0.1) is 0 Å².